The molecule has 0 aliphatic carbocycles. The van der Waals surface area contributed by atoms with E-state index in [-0.39, 0.29) is 6.03 Å². The molecule has 0 spiro atoms. The number of rotatable bonds is 6. The fraction of sp³-hybridized carbons (Fsp3) is 0.846. The summed E-state index contributed by atoms with van der Waals surface area (Å²) in [5.74, 6) is -0.625. The minimum atomic E-state index is -0.972. The molecule has 1 aliphatic heterocycles. The monoisotopic (exact) mass is 272 g/mol. The third kappa shape index (κ3) is 5.06. The zero-order valence-corrected chi connectivity index (χ0v) is 11.7. The van der Waals surface area contributed by atoms with E-state index < -0.39 is 12.0 Å². The Morgan fingerprint density at radius 3 is 2.84 bits per heavy atom. The zero-order valence-electron chi connectivity index (χ0n) is 11.7. The van der Waals surface area contributed by atoms with E-state index in [0.717, 1.165) is 19.3 Å². The summed E-state index contributed by atoms with van der Waals surface area (Å²) < 4.78 is 5.11. The third-order valence-electron chi connectivity index (χ3n) is 3.38. The Balaban J connectivity index is 2.49. The number of carbonyl (C=O) groups excluding carboxylic acids is 1. The summed E-state index contributed by atoms with van der Waals surface area (Å²) in [6.45, 7) is 3.86. The molecule has 1 fully saturated rings. The maximum atomic E-state index is 12.0. The standard InChI is InChI=1S/C13H24N2O4/c1-3-5-11(12(16)17)14-13(18)15-7-4-6-10(8-15)9-19-2/h10-11H,3-9H2,1-2H3,(H,14,18)(H,16,17)/t10?,11-/m1/s1. The van der Waals surface area contributed by atoms with Gasteiger partial charge in [-0.15, -0.1) is 0 Å². The number of likely N-dealkylation sites (tertiary alicyclic amines) is 1. The van der Waals surface area contributed by atoms with Gasteiger partial charge < -0.3 is 20.1 Å². The van der Waals surface area contributed by atoms with Gasteiger partial charge in [0.05, 0.1) is 6.61 Å². The Bertz CT molecular complexity index is 307. The molecule has 110 valence electrons. The number of amides is 2. The summed E-state index contributed by atoms with van der Waals surface area (Å²) in [6, 6.07) is -1.07. The minimum absolute atomic E-state index is 0.276. The Morgan fingerprint density at radius 2 is 2.26 bits per heavy atom. The van der Waals surface area contributed by atoms with Crippen LogP contribution in [-0.2, 0) is 9.53 Å². The highest BCUT2D eigenvalue weighted by atomic mass is 16.5. The van der Waals surface area contributed by atoms with E-state index in [1.165, 1.54) is 0 Å². The predicted octanol–water partition coefficient (Wildman–Crippen LogP) is 1.31. The second kappa shape index (κ2) is 7.99. The number of nitrogens with zero attached hydrogens (tertiary/aromatic N) is 1. The van der Waals surface area contributed by atoms with Gasteiger partial charge in [-0.1, -0.05) is 13.3 Å². The van der Waals surface area contributed by atoms with Gasteiger partial charge in [0.25, 0.3) is 0 Å². The van der Waals surface area contributed by atoms with Crippen molar-refractivity contribution in [1.82, 2.24) is 10.2 Å². The van der Waals surface area contributed by atoms with Crippen molar-refractivity contribution in [2.75, 3.05) is 26.8 Å². The number of carbonyl (C=O) groups is 2. The fourth-order valence-electron chi connectivity index (χ4n) is 2.41. The van der Waals surface area contributed by atoms with Crippen molar-refractivity contribution in [2.24, 2.45) is 5.92 Å². The number of nitrogens with one attached hydrogen (secondary N) is 1. The molecule has 0 aromatic heterocycles. The molecule has 6 heteroatoms. The summed E-state index contributed by atoms with van der Waals surface area (Å²) in [7, 11) is 1.65. The second-order valence-electron chi connectivity index (χ2n) is 5.04. The van der Waals surface area contributed by atoms with E-state index in [4.69, 9.17) is 9.84 Å². The van der Waals surface area contributed by atoms with Gasteiger partial charge in [0.15, 0.2) is 0 Å². The highest BCUT2D eigenvalue weighted by Crippen LogP contribution is 2.16. The molecule has 2 atom stereocenters. The van der Waals surface area contributed by atoms with Gasteiger partial charge in [-0.25, -0.2) is 9.59 Å². The van der Waals surface area contributed by atoms with E-state index in [9.17, 15) is 9.59 Å². The van der Waals surface area contributed by atoms with Crippen molar-refractivity contribution < 1.29 is 19.4 Å². The minimum Gasteiger partial charge on any atom is -0.480 e. The van der Waals surface area contributed by atoms with Crippen LogP contribution in [0.3, 0.4) is 0 Å². The Labute approximate surface area is 114 Å². The van der Waals surface area contributed by atoms with E-state index in [2.05, 4.69) is 5.32 Å². The highest BCUT2D eigenvalue weighted by molar-refractivity contribution is 5.82. The molecule has 0 bridgehead atoms. The fourth-order valence-corrected chi connectivity index (χ4v) is 2.41. The van der Waals surface area contributed by atoms with Gasteiger partial charge in [-0.05, 0) is 19.3 Å². The quantitative estimate of drug-likeness (QED) is 0.764. The van der Waals surface area contributed by atoms with E-state index >= 15 is 0 Å². The summed E-state index contributed by atoms with van der Waals surface area (Å²) in [5.41, 5.74) is 0. The van der Waals surface area contributed by atoms with Crippen LogP contribution in [0.1, 0.15) is 32.6 Å². The van der Waals surface area contributed by atoms with Crippen LogP contribution >= 0.6 is 0 Å². The van der Waals surface area contributed by atoms with Gasteiger partial charge >= 0.3 is 12.0 Å². The third-order valence-corrected chi connectivity index (χ3v) is 3.38. The van der Waals surface area contributed by atoms with E-state index in [1.54, 1.807) is 12.0 Å². The number of piperidine rings is 1. The second-order valence-corrected chi connectivity index (χ2v) is 5.04. The maximum Gasteiger partial charge on any atom is 0.326 e. The smallest absolute Gasteiger partial charge is 0.326 e. The molecule has 1 rings (SSSR count). The Hall–Kier alpha value is -1.30. The number of carboxylic acids is 1. The largest absolute Gasteiger partial charge is 0.480 e. The van der Waals surface area contributed by atoms with E-state index in [1.807, 2.05) is 6.92 Å². The average molecular weight is 272 g/mol. The molecule has 0 aromatic rings. The van der Waals surface area contributed by atoms with Crippen LogP contribution in [0.25, 0.3) is 0 Å². The van der Waals surface area contributed by atoms with Gasteiger partial charge in [-0.2, -0.15) is 0 Å². The first-order chi connectivity index (χ1) is 9.08. The lowest BCUT2D eigenvalue weighted by atomic mass is 9.99. The molecule has 1 heterocycles. The molecular formula is C13H24N2O4. The van der Waals surface area contributed by atoms with Crippen LogP contribution in [-0.4, -0.2) is 54.9 Å². The summed E-state index contributed by atoms with van der Waals surface area (Å²) in [6.07, 6.45) is 3.17. The first kappa shape index (κ1) is 15.8. The number of hydrogen-bond donors (Lipinski definition) is 2. The summed E-state index contributed by atoms with van der Waals surface area (Å²) in [5, 5.41) is 11.6. The van der Waals surface area contributed by atoms with Gasteiger partial charge in [0.1, 0.15) is 6.04 Å². The number of ether oxygens (including phenoxy) is 1. The van der Waals surface area contributed by atoms with Crippen molar-refractivity contribution in [2.45, 2.75) is 38.6 Å². The van der Waals surface area contributed by atoms with Gasteiger partial charge in [0.2, 0.25) is 0 Å². The number of hydrogen-bond acceptors (Lipinski definition) is 3. The van der Waals surface area contributed by atoms with Crippen LogP contribution in [0.2, 0.25) is 0 Å². The lowest BCUT2D eigenvalue weighted by Crippen LogP contribution is -2.51. The van der Waals surface area contributed by atoms with Crippen LogP contribution in [0.4, 0.5) is 4.79 Å². The molecule has 2 amide bonds. The van der Waals surface area contributed by atoms with Crippen molar-refractivity contribution >= 4 is 12.0 Å². The summed E-state index contributed by atoms with van der Waals surface area (Å²) >= 11 is 0. The topological polar surface area (TPSA) is 78.9 Å². The maximum absolute atomic E-state index is 12.0. The Kier molecular flexibility index (Phi) is 6.62. The lowest BCUT2D eigenvalue weighted by Gasteiger charge is -2.33. The Morgan fingerprint density at radius 1 is 1.53 bits per heavy atom. The number of carboxylic acid groups (broad SMARTS) is 1. The molecule has 0 saturated carbocycles. The predicted molar refractivity (Wildman–Crippen MR) is 71.0 cm³/mol. The molecule has 1 saturated heterocycles. The molecule has 1 unspecified atom stereocenters. The zero-order chi connectivity index (χ0) is 14.3. The number of methoxy groups -OCH3 is 1. The molecule has 2 N–H and O–H groups in total. The molecule has 1 aliphatic rings. The van der Waals surface area contributed by atoms with Crippen LogP contribution in [0.5, 0.6) is 0 Å². The SMILES string of the molecule is CCC[C@@H](NC(=O)N1CCCC(COC)C1)C(=O)O. The highest BCUT2D eigenvalue weighted by Gasteiger charge is 2.26. The molecule has 6 nitrogen and oxygen atoms in total. The first-order valence-electron chi connectivity index (χ1n) is 6.85. The molecule has 0 radical (unpaired) electrons. The van der Waals surface area contributed by atoms with E-state index in [0.29, 0.717) is 32.0 Å². The molecule has 0 aromatic carbocycles. The van der Waals surface area contributed by atoms with Gasteiger partial charge in [-0.3, -0.25) is 0 Å². The summed E-state index contributed by atoms with van der Waals surface area (Å²) in [4.78, 5) is 24.8. The lowest BCUT2D eigenvalue weighted by molar-refractivity contribution is -0.139. The average Bonchev–Trinajstić information content (AvgIpc) is 2.38. The van der Waals surface area contributed by atoms with Gasteiger partial charge in [0, 0.05) is 26.1 Å². The van der Waals surface area contributed by atoms with Crippen LogP contribution in [0.15, 0.2) is 0 Å². The van der Waals surface area contributed by atoms with Crippen molar-refractivity contribution in [3.8, 4) is 0 Å². The molecular weight excluding hydrogens is 248 g/mol. The molecule has 19 heavy (non-hydrogen) atoms. The number of urea groups is 1. The first-order valence-corrected chi connectivity index (χ1v) is 6.85. The van der Waals surface area contributed by atoms with Crippen LogP contribution in [0, 0.1) is 5.92 Å². The van der Waals surface area contributed by atoms with Crippen LogP contribution < -0.4 is 5.32 Å². The van der Waals surface area contributed by atoms with Crippen molar-refractivity contribution in [3.05, 3.63) is 0 Å². The van der Waals surface area contributed by atoms with Crippen molar-refractivity contribution in [3.63, 3.8) is 0 Å². The van der Waals surface area contributed by atoms with Crippen molar-refractivity contribution in [1.29, 1.82) is 0 Å². The number of aliphatic carboxylic acids is 1. The normalized spacial score (nSPS) is 20.9.